The van der Waals surface area contributed by atoms with Crippen LogP contribution in [0, 0.1) is 0 Å². The third kappa shape index (κ3) is 4.96. The highest BCUT2D eigenvalue weighted by molar-refractivity contribution is 4.79. The Bertz CT molecular complexity index is 182. The maximum Gasteiger partial charge on any atom is 0.0750 e. The second kappa shape index (κ2) is 5.83. The first-order valence-corrected chi connectivity index (χ1v) is 6.02. The van der Waals surface area contributed by atoms with E-state index in [9.17, 15) is 0 Å². The van der Waals surface area contributed by atoms with Crippen LogP contribution in [0.3, 0.4) is 0 Å². The van der Waals surface area contributed by atoms with Gasteiger partial charge in [0.05, 0.1) is 11.7 Å². The summed E-state index contributed by atoms with van der Waals surface area (Å²) in [6.45, 7) is 11.0. The molecule has 0 amide bonds. The summed E-state index contributed by atoms with van der Waals surface area (Å²) in [6, 6.07) is 0.591. The molecule has 0 radical (unpaired) electrons. The smallest absolute Gasteiger partial charge is 0.0750 e. The van der Waals surface area contributed by atoms with Crippen molar-refractivity contribution in [3.05, 3.63) is 0 Å². The standard InChI is InChI=1S/C12H25NO2/c1-5-15-12(3,4)9-13-11-6-7-14-10(2)8-11/h10-11,13H,5-9H2,1-4H3. The van der Waals surface area contributed by atoms with E-state index in [2.05, 4.69) is 26.1 Å². The van der Waals surface area contributed by atoms with Crippen LogP contribution in [0.15, 0.2) is 0 Å². The SMILES string of the molecule is CCOC(C)(C)CNC1CCOC(C)C1. The Morgan fingerprint density at radius 3 is 2.80 bits per heavy atom. The van der Waals surface area contributed by atoms with E-state index < -0.39 is 0 Å². The van der Waals surface area contributed by atoms with Crippen molar-refractivity contribution in [2.45, 2.75) is 58.3 Å². The lowest BCUT2D eigenvalue weighted by Crippen LogP contribution is -2.45. The first-order valence-electron chi connectivity index (χ1n) is 6.02. The average molecular weight is 215 g/mol. The van der Waals surface area contributed by atoms with Crippen LogP contribution in [0.2, 0.25) is 0 Å². The Balaban J connectivity index is 2.23. The highest BCUT2D eigenvalue weighted by Crippen LogP contribution is 2.15. The zero-order valence-corrected chi connectivity index (χ0v) is 10.5. The van der Waals surface area contributed by atoms with Crippen molar-refractivity contribution in [1.29, 1.82) is 0 Å². The van der Waals surface area contributed by atoms with Gasteiger partial charge in [0.15, 0.2) is 0 Å². The van der Waals surface area contributed by atoms with Gasteiger partial charge in [-0.2, -0.15) is 0 Å². The number of rotatable bonds is 5. The van der Waals surface area contributed by atoms with Crippen molar-refractivity contribution in [1.82, 2.24) is 5.32 Å². The average Bonchev–Trinajstić information content (AvgIpc) is 2.15. The van der Waals surface area contributed by atoms with E-state index in [-0.39, 0.29) is 5.60 Å². The van der Waals surface area contributed by atoms with Crippen LogP contribution in [0.1, 0.15) is 40.5 Å². The Labute approximate surface area is 93.5 Å². The molecule has 0 saturated carbocycles. The van der Waals surface area contributed by atoms with Crippen LogP contribution in [-0.4, -0.2) is 37.5 Å². The lowest BCUT2D eigenvalue weighted by molar-refractivity contribution is -0.0216. The Morgan fingerprint density at radius 1 is 1.47 bits per heavy atom. The topological polar surface area (TPSA) is 30.5 Å². The van der Waals surface area contributed by atoms with Crippen molar-refractivity contribution in [3.8, 4) is 0 Å². The van der Waals surface area contributed by atoms with E-state index in [4.69, 9.17) is 9.47 Å². The molecular weight excluding hydrogens is 190 g/mol. The molecular formula is C12H25NO2. The van der Waals surface area contributed by atoms with Gasteiger partial charge in [-0.3, -0.25) is 0 Å². The van der Waals surface area contributed by atoms with Gasteiger partial charge in [-0.05, 0) is 40.5 Å². The molecule has 90 valence electrons. The van der Waals surface area contributed by atoms with Gasteiger partial charge in [0.2, 0.25) is 0 Å². The molecule has 1 aliphatic heterocycles. The minimum atomic E-state index is -0.0592. The fourth-order valence-electron chi connectivity index (χ4n) is 2.02. The van der Waals surface area contributed by atoms with E-state index in [1.165, 1.54) is 0 Å². The summed E-state index contributed by atoms with van der Waals surface area (Å²) in [4.78, 5) is 0. The molecule has 0 aliphatic carbocycles. The normalized spacial score (nSPS) is 28.0. The largest absolute Gasteiger partial charge is 0.378 e. The Morgan fingerprint density at radius 2 is 2.20 bits per heavy atom. The summed E-state index contributed by atoms with van der Waals surface area (Å²) in [5, 5.41) is 3.57. The van der Waals surface area contributed by atoms with Gasteiger partial charge in [0.25, 0.3) is 0 Å². The summed E-state index contributed by atoms with van der Waals surface area (Å²) in [5.74, 6) is 0. The third-order valence-corrected chi connectivity index (χ3v) is 2.84. The first kappa shape index (κ1) is 12.9. The molecule has 0 aromatic carbocycles. The van der Waals surface area contributed by atoms with Gasteiger partial charge in [0, 0.05) is 25.8 Å². The molecule has 1 heterocycles. The quantitative estimate of drug-likeness (QED) is 0.760. The van der Waals surface area contributed by atoms with Gasteiger partial charge in [-0.1, -0.05) is 0 Å². The zero-order valence-electron chi connectivity index (χ0n) is 10.5. The maximum atomic E-state index is 5.65. The molecule has 1 rings (SSSR count). The summed E-state index contributed by atoms with van der Waals surface area (Å²) in [7, 11) is 0. The molecule has 0 aromatic rings. The summed E-state index contributed by atoms with van der Waals surface area (Å²) in [6.07, 6.45) is 2.63. The maximum absolute atomic E-state index is 5.65. The molecule has 15 heavy (non-hydrogen) atoms. The molecule has 1 saturated heterocycles. The van der Waals surface area contributed by atoms with Crippen LogP contribution >= 0.6 is 0 Å². The van der Waals surface area contributed by atoms with E-state index in [0.29, 0.717) is 12.1 Å². The molecule has 0 bridgehead atoms. The van der Waals surface area contributed by atoms with Gasteiger partial charge >= 0.3 is 0 Å². The minimum Gasteiger partial charge on any atom is -0.378 e. The van der Waals surface area contributed by atoms with Crippen molar-refractivity contribution in [2.24, 2.45) is 0 Å². The van der Waals surface area contributed by atoms with Crippen LogP contribution < -0.4 is 5.32 Å². The molecule has 3 nitrogen and oxygen atoms in total. The van der Waals surface area contributed by atoms with Crippen LogP contribution in [0.4, 0.5) is 0 Å². The summed E-state index contributed by atoms with van der Waals surface area (Å²) < 4.78 is 11.2. The highest BCUT2D eigenvalue weighted by atomic mass is 16.5. The van der Waals surface area contributed by atoms with E-state index in [0.717, 1.165) is 32.6 Å². The van der Waals surface area contributed by atoms with Crippen LogP contribution in [-0.2, 0) is 9.47 Å². The van der Waals surface area contributed by atoms with Gasteiger partial charge in [-0.25, -0.2) is 0 Å². The van der Waals surface area contributed by atoms with Crippen molar-refractivity contribution in [2.75, 3.05) is 19.8 Å². The summed E-state index contributed by atoms with van der Waals surface area (Å²) >= 11 is 0. The second-order valence-corrected chi connectivity index (χ2v) is 4.98. The molecule has 3 heteroatoms. The van der Waals surface area contributed by atoms with E-state index in [1.54, 1.807) is 0 Å². The van der Waals surface area contributed by atoms with E-state index >= 15 is 0 Å². The predicted octanol–water partition coefficient (Wildman–Crippen LogP) is 1.96. The van der Waals surface area contributed by atoms with Crippen molar-refractivity contribution >= 4 is 0 Å². The third-order valence-electron chi connectivity index (χ3n) is 2.84. The van der Waals surface area contributed by atoms with Crippen LogP contribution in [0.25, 0.3) is 0 Å². The fraction of sp³-hybridized carbons (Fsp3) is 1.00. The molecule has 2 atom stereocenters. The zero-order chi connectivity index (χ0) is 11.3. The van der Waals surface area contributed by atoms with Gasteiger partial charge < -0.3 is 14.8 Å². The first-order chi connectivity index (χ1) is 7.03. The number of hydrogen-bond donors (Lipinski definition) is 1. The lowest BCUT2D eigenvalue weighted by atomic mass is 10.0. The molecule has 1 aliphatic rings. The molecule has 2 unspecified atom stereocenters. The number of nitrogens with one attached hydrogen (secondary N) is 1. The van der Waals surface area contributed by atoms with Gasteiger partial charge in [0.1, 0.15) is 0 Å². The molecule has 1 fully saturated rings. The number of hydrogen-bond acceptors (Lipinski definition) is 3. The fourth-order valence-corrected chi connectivity index (χ4v) is 2.02. The van der Waals surface area contributed by atoms with Gasteiger partial charge in [-0.15, -0.1) is 0 Å². The summed E-state index contributed by atoms with van der Waals surface area (Å²) in [5.41, 5.74) is -0.0592. The van der Waals surface area contributed by atoms with E-state index in [1.807, 2.05) is 6.92 Å². The monoisotopic (exact) mass is 215 g/mol. The predicted molar refractivity (Wildman–Crippen MR) is 62.1 cm³/mol. The van der Waals surface area contributed by atoms with Crippen molar-refractivity contribution < 1.29 is 9.47 Å². The minimum absolute atomic E-state index is 0.0592. The lowest BCUT2D eigenvalue weighted by Gasteiger charge is -2.32. The second-order valence-electron chi connectivity index (χ2n) is 4.98. The van der Waals surface area contributed by atoms with Crippen molar-refractivity contribution in [3.63, 3.8) is 0 Å². The number of ether oxygens (including phenoxy) is 2. The highest BCUT2D eigenvalue weighted by Gasteiger charge is 2.23. The van der Waals surface area contributed by atoms with Crippen LogP contribution in [0.5, 0.6) is 0 Å². The molecule has 0 spiro atoms. The molecule has 0 aromatic heterocycles. The Kier molecular flexibility index (Phi) is 5.03. The molecule has 1 N–H and O–H groups in total. The Hall–Kier alpha value is -0.120.